The Balaban J connectivity index is 1.75. The number of anilines is 2. The fourth-order valence-electron chi connectivity index (χ4n) is 2.59. The third-order valence-corrected chi connectivity index (χ3v) is 5.45. The molecule has 1 unspecified atom stereocenters. The fraction of sp³-hybridized carbons (Fsp3) is 0.312. The van der Waals surface area contributed by atoms with Crippen molar-refractivity contribution in [2.75, 3.05) is 22.1 Å². The van der Waals surface area contributed by atoms with E-state index in [4.69, 9.17) is 0 Å². The monoisotopic (exact) mass is 346 g/mol. The molecule has 0 radical (unpaired) electrons. The summed E-state index contributed by atoms with van der Waals surface area (Å²) >= 11 is 0. The maximum Gasteiger partial charge on any atom is 0.274 e. The van der Waals surface area contributed by atoms with E-state index < -0.39 is 9.84 Å². The zero-order valence-corrected chi connectivity index (χ0v) is 14.0. The number of aromatic nitrogens is 2. The third kappa shape index (κ3) is 4.08. The topological polar surface area (TPSA) is 101 Å². The molecule has 8 heteroatoms. The summed E-state index contributed by atoms with van der Waals surface area (Å²) in [4.78, 5) is 20.7. The molecule has 0 aliphatic carbocycles. The van der Waals surface area contributed by atoms with Gasteiger partial charge in [0, 0.05) is 17.8 Å². The first-order valence-electron chi connectivity index (χ1n) is 7.60. The van der Waals surface area contributed by atoms with Gasteiger partial charge >= 0.3 is 0 Å². The van der Waals surface area contributed by atoms with E-state index >= 15 is 0 Å². The summed E-state index contributed by atoms with van der Waals surface area (Å²) in [5, 5.41) is 5.85. The van der Waals surface area contributed by atoms with Gasteiger partial charge in [-0.2, -0.15) is 0 Å². The summed E-state index contributed by atoms with van der Waals surface area (Å²) in [5.74, 6) is 0.827. The minimum absolute atomic E-state index is 0.0849. The lowest BCUT2D eigenvalue weighted by Crippen LogP contribution is -2.22. The van der Waals surface area contributed by atoms with E-state index in [1.807, 2.05) is 18.2 Å². The van der Waals surface area contributed by atoms with Crippen LogP contribution in [0.2, 0.25) is 0 Å². The average Bonchev–Trinajstić information content (AvgIpc) is 2.86. The number of carbonyl (C=O) groups is 1. The van der Waals surface area contributed by atoms with Crippen molar-refractivity contribution in [3.8, 4) is 0 Å². The van der Waals surface area contributed by atoms with Crippen molar-refractivity contribution in [1.29, 1.82) is 0 Å². The lowest BCUT2D eigenvalue weighted by Gasteiger charge is -2.13. The van der Waals surface area contributed by atoms with Gasteiger partial charge in [0.15, 0.2) is 9.84 Å². The highest BCUT2D eigenvalue weighted by Crippen LogP contribution is 2.17. The van der Waals surface area contributed by atoms with E-state index in [1.165, 1.54) is 6.07 Å². The average molecular weight is 346 g/mol. The molecule has 0 bridgehead atoms. The molecule has 126 valence electrons. The summed E-state index contributed by atoms with van der Waals surface area (Å²) in [6.07, 6.45) is 0.539. The van der Waals surface area contributed by atoms with Gasteiger partial charge in [-0.15, -0.1) is 0 Å². The highest BCUT2D eigenvalue weighted by atomic mass is 32.2. The first-order chi connectivity index (χ1) is 11.4. The van der Waals surface area contributed by atoms with E-state index in [0.717, 1.165) is 0 Å². The Morgan fingerprint density at radius 2 is 1.96 bits per heavy atom. The van der Waals surface area contributed by atoms with Crippen LogP contribution in [0, 0.1) is 6.92 Å². The number of aryl methyl sites for hydroxylation is 1. The van der Waals surface area contributed by atoms with Crippen LogP contribution >= 0.6 is 0 Å². The molecule has 1 aliphatic heterocycles. The van der Waals surface area contributed by atoms with Gasteiger partial charge < -0.3 is 10.6 Å². The minimum Gasteiger partial charge on any atom is -0.366 e. The summed E-state index contributed by atoms with van der Waals surface area (Å²) in [6.45, 7) is 1.69. The molecular formula is C16H18N4O3S. The van der Waals surface area contributed by atoms with Gasteiger partial charge in [-0.1, -0.05) is 18.2 Å². The molecule has 2 heterocycles. The number of para-hydroxylation sites is 1. The van der Waals surface area contributed by atoms with E-state index in [9.17, 15) is 13.2 Å². The summed E-state index contributed by atoms with van der Waals surface area (Å²) in [5.41, 5.74) is 0.907. The molecule has 2 aromatic rings. The Morgan fingerprint density at radius 1 is 1.21 bits per heavy atom. The molecule has 1 atom stereocenters. The van der Waals surface area contributed by atoms with Crippen LogP contribution < -0.4 is 10.6 Å². The molecule has 24 heavy (non-hydrogen) atoms. The molecule has 2 N–H and O–H groups in total. The first-order valence-corrected chi connectivity index (χ1v) is 9.42. The van der Waals surface area contributed by atoms with Crippen molar-refractivity contribution in [3.63, 3.8) is 0 Å². The Hall–Kier alpha value is -2.48. The van der Waals surface area contributed by atoms with E-state index in [0.29, 0.717) is 23.8 Å². The number of carbonyl (C=O) groups excluding carboxylic acids is 1. The van der Waals surface area contributed by atoms with E-state index in [2.05, 4.69) is 20.6 Å². The summed E-state index contributed by atoms with van der Waals surface area (Å²) in [6, 6.07) is 10.4. The summed E-state index contributed by atoms with van der Waals surface area (Å²) < 4.78 is 23.1. The Labute approximate surface area is 140 Å². The first kappa shape index (κ1) is 16.4. The SMILES string of the molecule is Cc1nc(NC2CCS(=O)(=O)C2)cc(C(=O)Nc2ccccc2)n1. The third-order valence-electron chi connectivity index (χ3n) is 3.69. The molecule has 1 aromatic heterocycles. The lowest BCUT2D eigenvalue weighted by atomic mass is 10.2. The highest BCUT2D eigenvalue weighted by Gasteiger charge is 2.28. The maximum atomic E-state index is 12.3. The zero-order chi connectivity index (χ0) is 17.2. The van der Waals surface area contributed by atoms with Crippen LogP contribution in [-0.4, -0.2) is 41.8 Å². The number of amides is 1. The van der Waals surface area contributed by atoms with Crippen LogP contribution in [0.15, 0.2) is 36.4 Å². The maximum absolute atomic E-state index is 12.3. The Kier molecular flexibility index (Phi) is 4.48. The van der Waals surface area contributed by atoms with Crippen LogP contribution in [0.1, 0.15) is 22.7 Å². The molecule has 1 aromatic carbocycles. The highest BCUT2D eigenvalue weighted by molar-refractivity contribution is 7.91. The quantitative estimate of drug-likeness (QED) is 0.873. The molecule has 7 nitrogen and oxygen atoms in total. The number of benzene rings is 1. The standard InChI is InChI=1S/C16H18N4O3S/c1-11-17-14(16(21)20-12-5-3-2-4-6-12)9-15(18-11)19-13-7-8-24(22,23)10-13/h2-6,9,13H,7-8,10H2,1H3,(H,20,21)(H,17,18,19). The van der Waals surface area contributed by atoms with Crippen molar-refractivity contribution < 1.29 is 13.2 Å². The number of sulfone groups is 1. The number of nitrogens with one attached hydrogen (secondary N) is 2. The molecular weight excluding hydrogens is 328 g/mol. The van der Waals surface area contributed by atoms with Crippen molar-refractivity contribution in [3.05, 3.63) is 47.9 Å². The van der Waals surface area contributed by atoms with Gasteiger partial charge in [0.2, 0.25) is 0 Å². The largest absolute Gasteiger partial charge is 0.366 e. The second-order valence-corrected chi connectivity index (χ2v) is 7.98. The predicted molar refractivity (Wildman–Crippen MR) is 91.8 cm³/mol. The van der Waals surface area contributed by atoms with Crippen LogP contribution in [0.25, 0.3) is 0 Å². The lowest BCUT2D eigenvalue weighted by molar-refractivity contribution is 0.102. The van der Waals surface area contributed by atoms with E-state index in [-0.39, 0.29) is 29.1 Å². The second kappa shape index (κ2) is 6.56. The van der Waals surface area contributed by atoms with Crippen molar-refractivity contribution in [2.24, 2.45) is 0 Å². The normalized spacial score (nSPS) is 19.0. The zero-order valence-electron chi connectivity index (χ0n) is 13.2. The molecule has 1 amide bonds. The minimum atomic E-state index is -2.98. The summed E-state index contributed by atoms with van der Waals surface area (Å²) in [7, 11) is -2.98. The van der Waals surface area contributed by atoms with Crippen molar-refractivity contribution in [2.45, 2.75) is 19.4 Å². The molecule has 0 spiro atoms. The van der Waals surface area contributed by atoms with E-state index in [1.54, 1.807) is 19.1 Å². The Morgan fingerprint density at radius 3 is 2.62 bits per heavy atom. The molecule has 1 fully saturated rings. The molecule has 1 aliphatic rings. The van der Waals surface area contributed by atoms with Crippen molar-refractivity contribution >= 4 is 27.2 Å². The predicted octanol–water partition coefficient (Wildman–Crippen LogP) is 1.64. The van der Waals surface area contributed by atoms with Gasteiger partial charge in [-0.05, 0) is 25.5 Å². The van der Waals surface area contributed by atoms with Gasteiger partial charge in [-0.3, -0.25) is 4.79 Å². The number of nitrogens with zero attached hydrogens (tertiary/aromatic N) is 2. The van der Waals surface area contributed by atoms with Crippen molar-refractivity contribution in [1.82, 2.24) is 9.97 Å². The number of hydrogen-bond acceptors (Lipinski definition) is 6. The number of hydrogen-bond donors (Lipinski definition) is 2. The van der Waals surface area contributed by atoms with Gasteiger partial charge in [0.25, 0.3) is 5.91 Å². The van der Waals surface area contributed by atoms with Crippen LogP contribution in [0.4, 0.5) is 11.5 Å². The molecule has 3 rings (SSSR count). The van der Waals surface area contributed by atoms with Crippen LogP contribution in [-0.2, 0) is 9.84 Å². The fourth-order valence-corrected chi connectivity index (χ4v) is 4.27. The Bertz CT molecular complexity index is 853. The van der Waals surface area contributed by atoms with Gasteiger partial charge in [-0.25, -0.2) is 18.4 Å². The molecule has 0 saturated carbocycles. The van der Waals surface area contributed by atoms with Gasteiger partial charge in [0.1, 0.15) is 17.3 Å². The number of rotatable bonds is 4. The smallest absolute Gasteiger partial charge is 0.274 e. The van der Waals surface area contributed by atoms with Crippen LogP contribution in [0.5, 0.6) is 0 Å². The van der Waals surface area contributed by atoms with Gasteiger partial charge in [0.05, 0.1) is 11.5 Å². The second-order valence-electron chi connectivity index (χ2n) is 5.75. The molecule has 1 saturated heterocycles. The van der Waals surface area contributed by atoms with Crippen LogP contribution in [0.3, 0.4) is 0 Å².